The van der Waals surface area contributed by atoms with Crippen LogP contribution in [0.3, 0.4) is 0 Å². The molecule has 0 bridgehead atoms. The minimum absolute atomic E-state index is 0.274. The smallest absolute Gasteiger partial charge is 0.0352 e. The fourth-order valence-corrected chi connectivity index (χ4v) is 5.58. The summed E-state index contributed by atoms with van der Waals surface area (Å²) < 4.78 is 0. The summed E-state index contributed by atoms with van der Waals surface area (Å²) in [5.41, 5.74) is 14.9. The lowest BCUT2D eigenvalue weighted by molar-refractivity contribution is 1.02. The molecular formula is C33H26. The van der Waals surface area contributed by atoms with Crippen LogP contribution in [-0.2, 0) is 0 Å². The lowest BCUT2D eigenvalue weighted by Crippen LogP contribution is -1.98. The molecule has 0 saturated heterocycles. The lowest BCUT2D eigenvalue weighted by Gasteiger charge is -2.15. The maximum atomic E-state index is 2.41. The monoisotopic (exact) mass is 422 g/mol. The Morgan fingerprint density at radius 2 is 1.06 bits per heavy atom. The highest BCUT2D eigenvalue weighted by atomic mass is 14.4. The third-order valence-electron chi connectivity index (χ3n) is 7.01. The summed E-state index contributed by atoms with van der Waals surface area (Å²) in [6, 6.07) is 35.0. The van der Waals surface area contributed by atoms with Crippen LogP contribution in [0.25, 0.3) is 16.7 Å². The average Bonchev–Trinajstić information content (AvgIpc) is 3.44. The fourth-order valence-electron chi connectivity index (χ4n) is 5.58. The molecule has 0 saturated carbocycles. The van der Waals surface area contributed by atoms with Crippen molar-refractivity contribution < 1.29 is 0 Å². The van der Waals surface area contributed by atoms with E-state index < -0.39 is 0 Å². The minimum Gasteiger partial charge on any atom is -0.0622 e. The number of hydrogen-bond donors (Lipinski definition) is 0. The van der Waals surface area contributed by atoms with Crippen LogP contribution in [0.4, 0.5) is 0 Å². The van der Waals surface area contributed by atoms with Crippen molar-refractivity contribution >= 4 is 5.57 Å². The summed E-state index contributed by atoms with van der Waals surface area (Å²) in [6.07, 6.45) is 7.03. The standard InChI is InChI=1S/C33H26/c1-22-11-9-17-28-30(22)31-23(2)12-10-18-29(31)33(28)27-20-19-26(21-27)32(24-13-5-3-6-14-24)25-15-7-4-8-16-25/h3-21,33H,1-2H3. The van der Waals surface area contributed by atoms with Gasteiger partial charge in [0.2, 0.25) is 0 Å². The second-order valence-electron chi connectivity index (χ2n) is 9.05. The van der Waals surface area contributed by atoms with Gasteiger partial charge in [-0.1, -0.05) is 115 Å². The van der Waals surface area contributed by atoms with Crippen LogP contribution in [0.15, 0.2) is 126 Å². The summed E-state index contributed by atoms with van der Waals surface area (Å²) >= 11 is 0. The fraction of sp³-hybridized carbons (Fsp3) is 0.0909. The first-order valence-corrected chi connectivity index (χ1v) is 11.7. The molecule has 0 radical (unpaired) electrons. The molecule has 4 aromatic carbocycles. The molecule has 0 spiro atoms. The number of rotatable bonds is 3. The average molecular weight is 423 g/mol. The molecule has 2 aliphatic carbocycles. The van der Waals surface area contributed by atoms with Gasteiger partial charge in [0, 0.05) is 5.92 Å². The van der Waals surface area contributed by atoms with E-state index in [0.717, 1.165) is 0 Å². The first-order chi connectivity index (χ1) is 16.2. The summed E-state index contributed by atoms with van der Waals surface area (Å²) in [6.45, 7) is 4.48. The molecule has 0 nitrogen and oxygen atoms in total. The van der Waals surface area contributed by atoms with Crippen LogP contribution in [0.1, 0.15) is 39.3 Å². The predicted octanol–water partition coefficient (Wildman–Crippen LogP) is 8.41. The van der Waals surface area contributed by atoms with Crippen molar-refractivity contribution in [2.24, 2.45) is 0 Å². The highest BCUT2D eigenvalue weighted by Gasteiger charge is 2.33. The molecule has 2 aliphatic rings. The van der Waals surface area contributed by atoms with Gasteiger partial charge in [-0.2, -0.15) is 0 Å². The molecule has 0 unspecified atom stereocenters. The highest BCUT2D eigenvalue weighted by molar-refractivity contribution is 5.89. The van der Waals surface area contributed by atoms with Crippen LogP contribution in [0.2, 0.25) is 0 Å². The van der Waals surface area contributed by atoms with Gasteiger partial charge >= 0.3 is 0 Å². The predicted molar refractivity (Wildman–Crippen MR) is 139 cm³/mol. The zero-order valence-electron chi connectivity index (χ0n) is 19.0. The SMILES string of the molecule is Cc1cccc2c1-c1c(C)cccc1C2C1=CC(=C(c2ccccc2)c2ccccc2)C=C1. The molecule has 6 rings (SSSR count). The van der Waals surface area contributed by atoms with Gasteiger partial charge in [-0.05, 0) is 75.1 Å². The molecule has 4 aromatic rings. The second-order valence-corrected chi connectivity index (χ2v) is 9.05. The third kappa shape index (κ3) is 3.22. The Morgan fingerprint density at radius 1 is 0.545 bits per heavy atom. The van der Waals surface area contributed by atoms with Gasteiger partial charge in [0.05, 0.1) is 0 Å². The first kappa shape index (κ1) is 19.8. The Bertz CT molecular complexity index is 1350. The van der Waals surface area contributed by atoms with Gasteiger partial charge in [-0.15, -0.1) is 0 Å². The molecule has 33 heavy (non-hydrogen) atoms. The van der Waals surface area contributed by atoms with Gasteiger partial charge in [-0.25, -0.2) is 0 Å². The zero-order chi connectivity index (χ0) is 22.4. The molecule has 0 atom stereocenters. The molecule has 0 heterocycles. The lowest BCUT2D eigenvalue weighted by atomic mass is 9.88. The topological polar surface area (TPSA) is 0 Å². The van der Waals surface area contributed by atoms with Crippen molar-refractivity contribution in [1.29, 1.82) is 0 Å². The molecule has 0 heteroatoms. The van der Waals surface area contributed by atoms with E-state index >= 15 is 0 Å². The van der Waals surface area contributed by atoms with E-state index in [9.17, 15) is 0 Å². The zero-order valence-corrected chi connectivity index (χ0v) is 19.0. The minimum atomic E-state index is 0.274. The largest absolute Gasteiger partial charge is 0.0622 e. The maximum absolute atomic E-state index is 2.41. The van der Waals surface area contributed by atoms with Crippen molar-refractivity contribution in [3.8, 4) is 11.1 Å². The van der Waals surface area contributed by atoms with Crippen molar-refractivity contribution in [1.82, 2.24) is 0 Å². The first-order valence-electron chi connectivity index (χ1n) is 11.7. The van der Waals surface area contributed by atoms with E-state index in [1.165, 1.54) is 61.2 Å². The molecule has 0 aliphatic heterocycles. The second kappa shape index (κ2) is 7.90. The van der Waals surface area contributed by atoms with Crippen LogP contribution < -0.4 is 0 Å². The summed E-state index contributed by atoms with van der Waals surface area (Å²) in [5, 5.41) is 0. The van der Waals surface area contributed by atoms with Crippen LogP contribution in [0, 0.1) is 13.8 Å². The van der Waals surface area contributed by atoms with E-state index in [1.54, 1.807) is 0 Å². The summed E-state index contributed by atoms with van der Waals surface area (Å²) in [4.78, 5) is 0. The number of fused-ring (bicyclic) bond motifs is 3. The van der Waals surface area contributed by atoms with Gasteiger partial charge in [0.25, 0.3) is 0 Å². The Labute approximate surface area is 196 Å². The Hall–Kier alpha value is -3.90. The van der Waals surface area contributed by atoms with Crippen LogP contribution >= 0.6 is 0 Å². The van der Waals surface area contributed by atoms with Gasteiger partial charge in [0.15, 0.2) is 0 Å². The Kier molecular flexibility index (Phi) is 4.73. The molecule has 0 fully saturated rings. The van der Waals surface area contributed by atoms with E-state index in [-0.39, 0.29) is 5.92 Å². The van der Waals surface area contributed by atoms with Gasteiger partial charge in [0.1, 0.15) is 0 Å². The van der Waals surface area contributed by atoms with Gasteiger partial charge < -0.3 is 0 Å². The summed E-state index contributed by atoms with van der Waals surface area (Å²) in [5.74, 6) is 0.274. The van der Waals surface area contributed by atoms with Crippen molar-refractivity contribution in [3.63, 3.8) is 0 Å². The molecule has 158 valence electrons. The quantitative estimate of drug-likeness (QED) is 0.311. The van der Waals surface area contributed by atoms with Crippen molar-refractivity contribution in [2.45, 2.75) is 19.8 Å². The number of allylic oxidation sites excluding steroid dienone is 5. The van der Waals surface area contributed by atoms with Crippen molar-refractivity contribution in [2.75, 3.05) is 0 Å². The number of hydrogen-bond acceptors (Lipinski definition) is 0. The van der Waals surface area contributed by atoms with E-state index in [1.807, 2.05) is 0 Å². The molecule has 0 amide bonds. The van der Waals surface area contributed by atoms with E-state index in [0.29, 0.717) is 0 Å². The molecule has 0 aromatic heterocycles. The molecule has 0 N–H and O–H groups in total. The van der Waals surface area contributed by atoms with E-state index in [4.69, 9.17) is 0 Å². The van der Waals surface area contributed by atoms with Crippen LogP contribution in [-0.4, -0.2) is 0 Å². The highest BCUT2D eigenvalue weighted by Crippen LogP contribution is 2.52. The summed E-state index contributed by atoms with van der Waals surface area (Å²) in [7, 11) is 0. The van der Waals surface area contributed by atoms with Crippen LogP contribution in [0.5, 0.6) is 0 Å². The van der Waals surface area contributed by atoms with Crippen molar-refractivity contribution in [3.05, 3.63) is 160 Å². The third-order valence-corrected chi connectivity index (χ3v) is 7.01. The Balaban J connectivity index is 1.56. The molecular weight excluding hydrogens is 396 g/mol. The van der Waals surface area contributed by atoms with Gasteiger partial charge in [-0.3, -0.25) is 0 Å². The Morgan fingerprint density at radius 3 is 1.58 bits per heavy atom. The normalized spacial score (nSPS) is 14.2. The number of aryl methyl sites for hydroxylation is 2. The van der Waals surface area contributed by atoms with E-state index in [2.05, 4.69) is 129 Å². The maximum Gasteiger partial charge on any atom is 0.0352 e. The number of benzene rings is 4.